The van der Waals surface area contributed by atoms with Crippen LogP contribution < -0.4 is 5.32 Å². The Morgan fingerprint density at radius 3 is 2.80 bits per heavy atom. The highest BCUT2D eigenvalue weighted by molar-refractivity contribution is 5.80. The highest BCUT2D eigenvalue weighted by Crippen LogP contribution is 2.15. The number of esters is 1. The summed E-state index contributed by atoms with van der Waals surface area (Å²) in [7, 11) is 1.39. The van der Waals surface area contributed by atoms with Crippen molar-refractivity contribution in [2.75, 3.05) is 12.4 Å². The zero-order chi connectivity index (χ0) is 14.5. The first-order chi connectivity index (χ1) is 9.60. The van der Waals surface area contributed by atoms with Crippen LogP contribution >= 0.6 is 0 Å². The number of carbonyl (C=O) groups excluding carboxylic acids is 1. The third kappa shape index (κ3) is 3.44. The summed E-state index contributed by atoms with van der Waals surface area (Å²) in [6.07, 6.45) is 2.41. The van der Waals surface area contributed by atoms with Gasteiger partial charge in [-0.15, -0.1) is 0 Å². The Morgan fingerprint density at radius 2 is 2.10 bits per heavy atom. The second-order valence-electron chi connectivity index (χ2n) is 5.10. The topological polar surface area (TPSA) is 64.1 Å². The first kappa shape index (κ1) is 14.2. The fraction of sp³-hybridized carbons (Fsp3) is 0.400. The van der Waals surface area contributed by atoms with Gasteiger partial charge in [0.2, 0.25) is 5.95 Å². The minimum atomic E-state index is -0.429. The molecule has 2 rings (SSSR count). The lowest BCUT2D eigenvalue weighted by molar-refractivity contribution is -0.141. The molecule has 0 saturated heterocycles. The van der Waals surface area contributed by atoms with Crippen molar-refractivity contribution in [3.63, 3.8) is 0 Å². The van der Waals surface area contributed by atoms with Gasteiger partial charge in [-0.25, -0.2) is 14.8 Å². The molecule has 106 valence electrons. The summed E-state index contributed by atoms with van der Waals surface area (Å²) in [5.41, 5.74) is 0.846. The number of rotatable bonds is 5. The summed E-state index contributed by atoms with van der Waals surface area (Å²) >= 11 is 0. The van der Waals surface area contributed by atoms with Crippen molar-refractivity contribution >= 4 is 22.8 Å². The summed E-state index contributed by atoms with van der Waals surface area (Å²) in [6.45, 7) is 4.11. The minimum Gasteiger partial charge on any atom is -0.467 e. The van der Waals surface area contributed by atoms with E-state index in [9.17, 15) is 4.79 Å². The quantitative estimate of drug-likeness (QED) is 0.848. The Hall–Kier alpha value is -2.17. The van der Waals surface area contributed by atoms with Gasteiger partial charge in [-0.3, -0.25) is 0 Å². The van der Waals surface area contributed by atoms with Crippen LogP contribution in [0.4, 0.5) is 5.95 Å². The van der Waals surface area contributed by atoms with E-state index in [-0.39, 0.29) is 5.97 Å². The highest BCUT2D eigenvalue weighted by Gasteiger charge is 2.21. The molecule has 0 aliphatic rings. The van der Waals surface area contributed by atoms with E-state index in [0.717, 1.165) is 10.9 Å². The molecule has 1 aromatic heterocycles. The number of carbonyl (C=O) groups is 1. The monoisotopic (exact) mass is 273 g/mol. The van der Waals surface area contributed by atoms with Gasteiger partial charge in [-0.05, 0) is 18.4 Å². The van der Waals surface area contributed by atoms with Crippen molar-refractivity contribution in [2.24, 2.45) is 5.92 Å². The van der Waals surface area contributed by atoms with Crippen molar-refractivity contribution in [3.8, 4) is 0 Å². The third-order valence-electron chi connectivity index (χ3n) is 2.99. The van der Waals surface area contributed by atoms with Gasteiger partial charge in [-0.1, -0.05) is 32.0 Å². The van der Waals surface area contributed by atoms with E-state index in [1.807, 2.05) is 24.3 Å². The van der Waals surface area contributed by atoms with Gasteiger partial charge in [0, 0.05) is 11.6 Å². The Balaban J connectivity index is 2.21. The Labute approximate surface area is 118 Å². The molecule has 1 unspecified atom stereocenters. The molecule has 0 spiro atoms. The van der Waals surface area contributed by atoms with E-state index in [1.54, 1.807) is 6.20 Å². The average Bonchev–Trinajstić information content (AvgIpc) is 2.45. The highest BCUT2D eigenvalue weighted by atomic mass is 16.5. The van der Waals surface area contributed by atoms with Gasteiger partial charge in [-0.2, -0.15) is 0 Å². The van der Waals surface area contributed by atoms with Crippen LogP contribution in [-0.2, 0) is 9.53 Å². The van der Waals surface area contributed by atoms with Crippen LogP contribution in [0, 0.1) is 5.92 Å². The van der Waals surface area contributed by atoms with Gasteiger partial charge < -0.3 is 10.1 Å². The zero-order valence-corrected chi connectivity index (χ0v) is 12.0. The molecular formula is C15H19N3O2. The first-order valence-electron chi connectivity index (χ1n) is 6.66. The Morgan fingerprint density at radius 1 is 1.35 bits per heavy atom. The fourth-order valence-corrected chi connectivity index (χ4v) is 2.03. The number of methoxy groups -OCH3 is 1. The fourth-order valence-electron chi connectivity index (χ4n) is 2.03. The zero-order valence-electron chi connectivity index (χ0n) is 12.0. The van der Waals surface area contributed by atoms with Crippen molar-refractivity contribution in [3.05, 3.63) is 30.5 Å². The Kier molecular flexibility index (Phi) is 4.50. The molecular weight excluding hydrogens is 254 g/mol. The van der Waals surface area contributed by atoms with E-state index in [2.05, 4.69) is 29.1 Å². The summed E-state index contributed by atoms with van der Waals surface area (Å²) in [5.74, 6) is 0.516. The molecule has 1 heterocycles. The molecule has 0 aliphatic carbocycles. The van der Waals surface area contributed by atoms with E-state index in [4.69, 9.17) is 4.74 Å². The number of hydrogen-bond donors (Lipinski definition) is 1. The summed E-state index contributed by atoms with van der Waals surface area (Å²) in [4.78, 5) is 20.4. The lowest BCUT2D eigenvalue weighted by atomic mass is 10.0. The molecule has 5 nitrogen and oxygen atoms in total. The molecule has 0 fully saturated rings. The lowest BCUT2D eigenvalue weighted by Gasteiger charge is -2.18. The maximum atomic E-state index is 11.8. The predicted molar refractivity (Wildman–Crippen MR) is 78.4 cm³/mol. The first-order valence-corrected chi connectivity index (χ1v) is 6.66. The van der Waals surface area contributed by atoms with Crippen molar-refractivity contribution in [2.45, 2.75) is 26.3 Å². The van der Waals surface area contributed by atoms with Crippen LogP contribution in [0.15, 0.2) is 30.5 Å². The lowest BCUT2D eigenvalue weighted by Crippen LogP contribution is -2.32. The van der Waals surface area contributed by atoms with Crippen LogP contribution in [0.1, 0.15) is 20.3 Å². The Bertz CT molecular complexity index is 598. The maximum absolute atomic E-state index is 11.8. The van der Waals surface area contributed by atoms with Crippen molar-refractivity contribution < 1.29 is 9.53 Å². The molecule has 0 radical (unpaired) electrons. The van der Waals surface area contributed by atoms with E-state index < -0.39 is 6.04 Å². The number of anilines is 1. The summed E-state index contributed by atoms with van der Waals surface area (Å²) in [6, 6.07) is 7.30. The van der Waals surface area contributed by atoms with Gasteiger partial charge in [0.25, 0.3) is 0 Å². The molecule has 0 saturated carbocycles. The van der Waals surface area contributed by atoms with Crippen LogP contribution in [0.2, 0.25) is 0 Å². The molecule has 0 bridgehead atoms. The number of hydrogen-bond acceptors (Lipinski definition) is 5. The SMILES string of the molecule is COC(=O)C(CC(C)C)Nc1ncc2ccccc2n1. The van der Waals surface area contributed by atoms with Crippen LogP contribution in [-0.4, -0.2) is 29.1 Å². The largest absolute Gasteiger partial charge is 0.467 e. The van der Waals surface area contributed by atoms with Crippen LogP contribution in [0.25, 0.3) is 10.9 Å². The minimum absolute atomic E-state index is 0.296. The van der Waals surface area contributed by atoms with Crippen molar-refractivity contribution in [1.29, 1.82) is 0 Å². The number of para-hydroxylation sites is 1. The van der Waals surface area contributed by atoms with E-state index in [0.29, 0.717) is 18.3 Å². The molecule has 1 atom stereocenters. The summed E-state index contributed by atoms with van der Waals surface area (Å²) in [5, 5.41) is 4.03. The van der Waals surface area contributed by atoms with E-state index in [1.165, 1.54) is 7.11 Å². The molecule has 20 heavy (non-hydrogen) atoms. The number of fused-ring (bicyclic) bond motifs is 1. The predicted octanol–water partition coefficient (Wildman–Crippen LogP) is 2.63. The van der Waals surface area contributed by atoms with Crippen LogP contribution in [0.3, 0.4) is 0 Å². The number of benzene rings is 1. The second-order valence-corrected chi connectivity index (χ2v) is 5.10. The number of ether oxygens (including phenoxy) is 1. The van der Waals surface area contributed by atoms with Crippen molar-refractivity contribution in [1.82, 2.24) is 9.97 Å². The van der Waals surface area contributed by atoms with Gasteiger partial charge in [0.15, 0.2) is 0 Å². The normalized spacial score (nSPS) is 12.4. The molecule has 0 aliphatic heterocycles. The average molecular weight is 273 g/mol. The van der Waals surface area contributed by atoms with Gasteiger partial charge in [0.1, 0.15) is 6.04 Å². The molecule has 0 amide bonds. The number of nitrogens with zero attached hydrogens (tertiary/aromatic N) is 2. The van der Waals surface area contributed by atoms with Gasteiger partial charge in [0.05, 0.1) is 12.6 Å². The molecule has 2 aromatic rings. The molecule has 5 heteroatoms. The smallest absolute Gasteiger partial charge is 0.328 e. The van der Waals surface area contributed by atoms with Crippen LogP contribution in [0.5, 0.6) is 0 Å². The molecule has 1 N–H and O–H groups in total. The second kappa shape index (κ2) is 6.32. The number of nitrogens with one attached hydrogen (secondary N) is 1. The maximum Gasteiger partial charge on any atom is 0.328 e. The van der Waals surface area contributed by atoms with E-state index >= 15 is 0 Å². The standard InChI is InChI=1S/C15H19N3O2/c1-10(2)8-13(14(19)20-3)18-15-16-9-11-6-4-5-7-12(11)17-15/h4-7,9-10,13H,8H2,1-3H3,(H,16,17,18). The van der Waals surface area contributed by atoms with Gasteiger partial charge >= 0.3 is 5.97 Å². The molecule has 1 aromatic carbocycles. The third-order valence-corrected chi connectivity index (χ3v) is 2.99. The summed E-state index contributed by atoms with van der Waals surface area (Å²) < 4.78 is 4.82. The number of aromatic nitrogens is 2.